The van der Waals surface area contributed by atoms with Crippen molar-refractivity contribution in [1.82, 2.24) is 19.0 Å². The molecule has 164 valence electrons. The van der Waals surface area contributed by atoms with Crippen LogP contribution in [0.2, 0.25) is 0 Å². The fourth-order valence-corrected chi connectivity index (χ4v) is 4.56. The number of rotatable bonds is 5. The number of hydrogen-bond donors (Lipinski definition) is 0. The first-order valence-corrected chi connectivity index (χ1v) is 11.2. The zero-order valence-electron chi connectivity index (χ0n) is 18.6. The van der Waals surface area contributed by atoms with Crippen molar-refractivity contribution in [2.24, 2.45) is 0 Å². The molecule has 0 amide bonds. The maximum Gasteiger partial charge on any atom is 0.259 e. The van der Waals surface area contributed by atoms with Gasteiger partial charge in [-0.1, -0.05) is 30.3 Å². The molecule has 32 heavy (non-hydrogen) atoms. The van der Waals surface area contributed by atoms with Crippen LogP contribution >= 0.6 is 0 Å². The predicted octanol–water partition coefficient (Wildman–Crippen LogP) is 3.82. The molecule has 0 N–H and O–H groups in total. The van der Waals surface area contributed by atoms with Crippen molar-refractivity contribution >= 4 is 11.0 Å². The van der Waals surface area contributed by atoms with Gasteiger partial charge in [0, 0.05) is 49.4 Å². The molecule has 0 saturated carbocycles. The first-order valence-electron chi connectivity index (χ1n) is 11.2. The third-order valence-electron chi connectivity index (χ3n) is 6.29. The normalized spacial score (nSPS) is 14.3. The summed E-state index contributed by atoms with van der Waals surface area (Å²) >= 11 is 0. The van der Waals surface area contributed by atoms with Crippen molar-refractivity contribution in [3.05, 3.63) is 88.0 Å². The molecule has 0 aliphatic carbocycles. The Balaban J connectivity index is 1.46. The van der Waals surface area contributed by atoms with Crippen LogP contribution in [-0.4, -0.2) is 39.2 Å². The number of pyridine rings is 2. The number of ether oxygens (including phenoxy) is 1. The number of aryl methyl sites for hydroxylation is 1. The number of aromatic nitrogens is 3. The van der Waals surface area contributed by atoms with Crippen molar-refractivity contribution in [2.75, 3.05) is 20.1 Å². The van der Waals surface area contributed by atoms with E-state index in [2.05, 4.69) is 29.5 Å². The summed E-state index contributed by atoms with van der Waals surface area (Å²) in [5.74, 6) is 1.19. The summed E-state index contributed by atoms with van der Waals surface area (Å²) in [4.78, 5) is 20.2. The lowest BCUT2D eigenvalue weighted by molar-refractivity contribution is 0.305. The average Bonchev–Trinajstić information content (AvgIpc) is 2.99. The van der Waals surface area contributed by atoms with E-state index in [-0.39, 0.29) is 5.56 Å². The van der Waals surface area contributed by atoms with Gasteiger partial charge in [-0.05, 0) is 49.7 Å². The van der Waals surface area contributed by atoms with Crippen LogP contribution in [0.1, 0.15) is 23.7 Å². The number of hydrogen-bond acceptors (Lipinski definition) is 4. The molecule has 4 aromatic rings. The fraction of sp³-hybridized carbons (Fsp3) is 0.308. The summed E-state index contributed by atoms with van der Waals surface area (Å²) in [5, 5.41) is 1.21. The molecule has 1 aliphatic rings. The Labute approximate surface area is 187 Å². The lowest BCUT2D eigenvalue weighted by Crippen LogP contribution is -2.21. The zero-order valence-corrected chi connectivity index (χ0v) is 18.6. The first kappa shape index (κ1) is 20.5. The topological polar surface area (TPSA) is 52.3 Å². The second-order valence-electron chi connectivity index (χ2n) is 8.36. The van der Waals surface area contributed by atoms with Gasteiger partial charge in [-0.15, -0.1) is 0 Å². The highest BCUT2D eigenvalue weighted by molar-refractivity contribution is 5.83. The second kappa shape index (κ2) is 8.63. The van der Waals surface area contributed by atoms with E-state index in [1.54, 1.807) is 10.8 Å². The SMILES string of the molecule is CCn1c2c(c3ccc(-n4ccc(OCc5ccccc5)cc4=O)nc31)CCN(C)CC2. The van der Waals surface area contributed by atoms with Crippen molar-refractivity contribution in [3.8, 4) is 11.6 Å². The number of likely N-dealkylation sites (N-methyl/N-ethyl adjacent to an activating group) is 1. The molecule has 0 spiro atoms. The standard InChI is InChI=1S/C26H28N4O2/c1-3-29-23-13-15-28(2)14-12-21(23)22-9-10-24(27-26(22)29)30-16-11-20(17-25(30)31)32-18-19-7-5-4-6-8-19/h4-11,16-17H,3,12-15,18H2,1-2H3. The first-order chi connectivity index (χ1) is 15.6. The van der Waals surface area contributed by atoms with Crippen LogP contribution in [0, 0.1) is 0 Å². The summed E-state index contributed by atoms with van der Waals surface area (Å²) in [7, 11) is 2.18. The highest BCUT2D eigenvalue weighted by Crippen LogP contribution is 2.29. The molecule has 1 aliphatic heterocycles. The molecular weight excluding hydrogens is 400 g/mol. The Bertz CT molecular complexity index is 1310. The zero-order chi connectivity index (χ0) is 22.1. The van der Waals surface area contributed by atoms with Gasteiger partial charge < -0.3 is 14.2 Å². The molecular formula is C26H28N4O2. The fourth-order valence-electron chi connectivity index (χ4n) is 4.56. The molecule has 6 nitrogen and oxygen atoms in total. The van der Waals surface area contributed by atoms with Crippen molar-refractivity contribution in [3.63, 3.8) is 0 Å². The van der Waals surface area contributed by atoms with Gasteiger partial charge in [0.15, 0.2) is 0 Å². The third kappa shape index (κ3) is 3.82. The Kier molecular flexibility index (Phi) is 5.53. The van der Waals surface area contributed by atoms with Crippen LogP contribution in [0.25, 0.3) is 16.9 Å². The number of fused-ring (bicyclic) bond motifs is 3. The maximum atomic E-state index is 12.8. The van der Waals surface area contributed by atoms with Gasteiger partial charge in [-0.2, -0.15) is 0 Å². The Morgan fingerprint density at radius 3 is 2.62 bits per heavy atom. The van der Waals surface area contributed by atoms with E-state index in [0.29, 0.717) is 18.2 Å². The molecule has 4 heterocycles. The monoisotopic (exact) mass is 428 g/mol. The maximum absolute atomic E-state index is 12.8. The van der Waals surface area contributed by atoms with Gasteiger partial charge in [-0.25, -0.2) is 4.98 Å². The van der Waals surface area contributed by atoms with Gasteiger partial charge >= 0.3 is 0 Å². The lowest BCUT2D eigenvalue weighted by Gasteiger charge is -2.13. The van der Waals surface area contributed by atoms with Crippen LogP contribution in [0.15, 0.2) is 65.6 Å². The van der Waals surface area contributed by atoms with Crippen LogP contribution in [-0.2, 0) is 26.0 Å². The minimum atomic E-state index is -0.153. The minimum Gasteiger partial charge on any atom is -0.489 e. The van der Waals surface area contributed by atoms with E-state index in [9.17, 15) is 4.79 Å². The molecule has 0 saturated heterocycles. The molecule has 5 rings (SSSR count). The van der Waals surface area contributed by atoms with Crippen LogP contribution in [0.5, 0.6) is 5.75 Å². The van der Waals surface area contributed by atoms with Gasteiger partial charge in [0.1, 0.15) is 23.8 Å². The molecule has 6 heteroatoms. The van der Waals surface area contributed by atoms with Crippen LogP contribution in [0.4, 0.5) is 0 Å². The predicted molar refractivity (Wildman–Crippen MR) is 127 cm³/mol. The summed E-state index contributed by atoms with van der Waals surface area (Å²) in [5.41, 5.74) is 4.67. The molecule has 1 aromatic carbocycles. The van der Waals surface area contributed by atoms with E-state index in [1.165, 1.54) is 22.7 Å². The summed E-state index contributed by atoms with van der Waals surface area (Å²) in [6.45, 7) is 5.57. The van der Waals surface area contributed by atoms with Crippen molar-refractivity contribution in [1.29, 1.82) is 0 Å². The van der Waals surface area contributed by atoms with Crippen LogP contribution < -0.4 is 10.3 Å². The Hall–Kier alpha value is -3.38. The van der Waals surface area contributed by atoms with E-state index in [0.717, 1.165) is 43.7 Å². The summed E-state index contributed by atoms with van der Waals surface area (Å²) in [6, 6.07) is 17.3. The van der Waals surface area contributed by atoms with E-state index in [4.69, 9.17) is 9.72 Å². The minimum absolute atomic E-state index is 0.153. The van der Waals surface area contributed by atoms with Gasteiger partial charge in [0.2, 0.25) is 0 Å². The second-order valence-corrected chi connectivity index (χ2v) is 8.36. The quantitative estimate of drug-likeness (QED) is 0.485. The van der Waals surface area contributed by atoms with Gasteiger partial charge in [-0.3, -0.25) is 9.36 Å². The third-order valence-corrected chi connectivity index (χ3v) is 6.29. The van der Waals surface area contributed by atoms with Gasteiger partial charge in [0.25, 0.3) is 5.56 Å². The Morgan fingerprint density at radius 1 is 1.03 bits per heavy atom. The molecule has 0 bridgehead atoms. The van der Waals surface area contributed by atoms with Crippen molar-refractivity contribution in [2.45, 2.75) is 32.9 Å². The summed E-state index contributed by atoms with van der Waals surface area (Å²) < 4.78 is 9.70. The summed E-state index contributed by atoms with van der Waals surface area (Å²) in [6.07, 6.45) is 3.80. The van der Waals surface area contributed by atoms with Crippen molar-refractivity contribution < 1.29 is 4.74 Å². The van der Waals surface area contributed by atoms with Gasteiger partial charge in [0.05, 0.1) is 0 Å². The smallest absolute Gasteiger partial charge is 0.259 e. The largest absolute Gasteiger partial charge is 0.489 e. The number of benzene rings is 1. The average molecular weight is 429 g/mol. The molecule has 0 radical (unpaired) electrons. The highest BCUT2D eigenvalue weighted by atomic mass is 16.5. The molecule has 0 fully saturated rings. The number of nitrogens with zero attached hydrogens (tertiary/aromatic N) is 4. The Morgan fingerprint density at radius 2 is 1.84 bits per heavy atom. The van der Waals surface area contributed by atoms with Crippen LogP contribution in [0.3, 0.4) is 0 Å². The van der Waals surface area contributed by atoms with E-state index < -0.39 is 0 Å². The molecule has 3 aromatic heterocycles. The highest BCUT2D eigenvalue weighted by Gasteiger charge is 2.21. The molecule has 0 atom stereocenters. The van der Waals surface area contributed by atoms with E-state index in [1.807, 2.05) is 42.5 Å². The molecule has 0 unspecified atom stereocenters. The lowest BCUT2D eigenvalue weighted by atomic mass is 10.1. The van der Waals surface area contributed by atoms with E-state index >= 15 is 0 Å².